The molecule has 0 unspecified atom stereocenters. The van der Waals surface area contributed by atoms with Gasteiger partial charge in [-0.3, -0.25) is 9.59 Å². The summed E-state index contributed by atoms with van der Waals surface area (Å²) in [6.07, 6.45) is 0. The largest absolute Gasteiger partial charge is 0.465 e. The van der Waals surface area contributed by atoms with Crippen LogP contribution in [0.25, 0.3) is 0 Å². The third kappa shape index (κ3) is 6.38. The summed E-state index contributed by atoms with van der Waals surface area (Å²) in [5, 5.41) is 2.64. The predicted octanol–water partition coefficient (Wildman–Crippen LogP) is 4.13. The maximum absolute atomic E-state index is 12.1. The highest BCUT2D eigenvalue weighted by molar-refractivity contribution is 9.10. The number of anilines is 1. The second-order valence-electron chi connectivity index (χ2n) is 5.93. The second kappa shape index (κ2) is 10.3. The van der Waals surface area contributed by atoms with Gasteiger partial charge in [-0.25, -0.2) is 4.79 Å². The number of methoxy groups -OCH3 is 1. The Balaban J connectivity index is 1.85. The number of benzene rings is 2. The number of thioether (sulfide) groups is 1. The number of hydrogen-bond acceptors (Lipinski definition) is 6. The van der Waals surface area contributed by atoms with Crippen molar-refractivity contribution in [3.8, 4) is 0 Å². The monoisotopic (exact) mass is 465 g/mol. The van der Waals surface area contributed by atoms with Crippen molar-refractivity contribution in [2.75, 3.05) is 24.8 Å². The van der Waals surface area contributed by atoms with E-state index < -0.39 is 24.5 Å². The second-order valence-corrected chi connectivity index (χ2v) is 7.86. The van der Waals surface area contributed by atoms with E-state index in [2.05, 4.69) is 26.0 Å². The van der Waals surface area contributed by atoms with Gasteiger partial charge in [0.05, 0.1) is 18.4 Å². The van der Waals surface area contributed by atoms with Gasteiger partial charge in [0.1, 0.15) is 0 Å². The molecule has 0 aliphatic carbocycles. The molecule has 0 saturated carbocycles. The van der Waals surface area contributed by atoms with Crippen LogP contribution < -0.4 is 5.32 Å². The molecule has 0 fully saturated rings. The number of aryl methyl sites for hydroxylation is 2. The highest BCUT2D eigenvalue weighted by Gasteiger charge is 2.13. The van der Waals surface area contributed by atoms with Gasteiger partial charge in [-0.2, -0.15) is 0 Å². The van der Waals surface area contributed by atoms with Crippen molar-refractivity contribution >= 4 is 51.2 Å². The molecular formula is C20H20BrNO5S. The smallest absolute Gasteiger partial charge is 0.337 e. The predicted molar refractivity (Wildman–Crippen MR) is 112 cm³/mol. The molecule has 2 aromatic rings. The molecule has 0 spiro atoms. The highest BCUT2D eigenvalue weighted by atomic mass is 79.9. The van der Waals surface area contributed by atoms with Crippen LogP contribution >= 0.6 is 27.7 Å². The third-order valence-corrected chi connectivity index (χ3v) is 5.42. The minimum absolute atomic E-state index is 0.104. The Hall–Kier alpha value is -2.32. The summed E-state index contributed by atoms with van der Waals surface area (Å²) in [6, 6.07) is 10.6. The summed E-state index contributed by atoms with van der Waals surface area (Å²) in [6.45, 7) is 3.34. The molecule has 0 aliphatic heterocycles. The van der Waals surface area contributed by atoms with Gasteiger partial charge in [0, 0.05) is 15.1 Å². The maximum atomic E-state index is 12.1. The van der Waals surface area contributed by atoms with Crippen LogP contribution in [-0.2, 0) is 19.1 Å². The molecule has 0 heterocycles. The van der Waals surface area contributed by atoms with Gasteiger partial charge in [-0.15, -0.1) is 11.8 Å². The average Bonchev–Trinajstić information content (AvgIpc) is 2.66. The first-order valence-electron chi connectivity index (χ1n) is 8.33. The Bertz CT molecular complexity index is 900. The van der Waals surface area contributed by atoms with Crippen LogP contribution in [0.15, 0.2) is 45.8 Å². The molecule has 2 rings (SSSR count). The first-order valence-corrected chi connectivity index (χ1v) is 10.1. The molecule has 0 bridgehead atoms. The van der Waals surface area contributed by atoms with Gasteiger partial charge in [0.25, 0.3) is 5.91 Å². The lowest BCUT2D eigenvalue weighted by atomic mass is 10.1. The summed E-state index contributed by atoms with van der Waals surface area (Å²) in [5.41, 5.74) is 2.60. The summed E-state index contributed by atoms with van der Waals surface area (Å²) < 4.78 is 10.7. The zero-order valence-corrected chi connectivity index (χ0v) is 18.1. The van der Waals surface area contributed by atoms with Crippen LogP contribution in [0, 0.1) is 13.8 Å². The quantitative estimate of drug-likeness (QED) is 0.488. The molecule has 0 atom stereocenters. The molecule has 148 valence electrons. The molecule has 0 aliphatic rings. The fourth-order valence-corrected chi connectivity index (χ4v) is 3.57. The first kappa shape index (κ1) is 22.0. The summed E-state index contributed by atoms with van der Waals surface area (Å²) in [7, 11) is 1.29. The van der Waals surface area contributed by atoms with Crippen molar-refractivity contribution in [3.05, 3.63) is 57.6 Å². The zero-order valence-electron chi connectivity index (χ0n) is 15.7. The van der Waals surface area contributed by atoms with E-state index in [-0.39, 0.29) is 5.75 Å². The number of carbonyl (C=O) groups excluding carboxylic acids is 3. The molecule has 2 aromatic carbocycles. The fourth-order valence-electron chi connectivity index (χ4n) is 2.29. The molecule has 28 heavy (non-hydrogen) atoms. The molecule has 8 heteroatoms. The van der Waals surface area contributed by atoms with Crippen LogP contribution in [-0.4, -0.2) is 37.3 Å². The van der Waals surface area contributed by atoms with Crippen molar-refractivity contribution < 1.29 is 23.9 Å². The van der Waals surface area contributed by atoms with Crippen molar-refractivity contribution in [1.82, 2.24) is 0 Å². The average molecular weight is 466 g/mol. The van der Waals surface area contributed by atoms with Gasteiger partial charge in [-0.1, -0.05) is 22.0 Å². The van der Waals surface area contributed by atoms with Gasteiger partial charge in [-0.05, 0) is 55.3 Å². The lowest BCUT2D eigenvalue weighted by Gasteiger charge is -2.10. The number of nitrogens with one attached hydrogen (secondary N) is 1. The Labute approximate surface area is 176 Å². The number of halogens is 1. The summed E-state index contributed by atoms with van der Waals surface area (Å²) in [5.74, 6) is -1.36. The van der Waals surface area contributed by atoms with Crippen LogP contribution in [0.5, 0.6) is 0 Å². The molecule has 0 aromatic heterocycles. The Morgan fingerprint density at radius 3 is 2.50 bits per heavy atom. The molecule has 0 saturated heterocycles. The van der Waals surface area contributed by atoms with E-state index in [4.69, 9.17) is 4.74 Å². The van der Waals surface area contributed by atoms with Crippen molar-refractivity contribution in [3.63, 3.8) is 0 Å². The number of hydrogen-bond donors (Lipinski definition) is 1. The first-order chi connectivity index (χ1) is 13.3. The van der Waals surface area contributed by atoms with E-state index in [1.807, 2.05) is 25.1 Å². The zero-order chi connectivity index (χ0) is 20.7. The van der Waals surface area contributed by atoms with E-state index >= 15 is 0 Å². The minimum atomic E-state index is -0.498. The minimum Gasteiger partial charge on any atom is -0.465 e. The molecule has 1 N–H and O–H groups in total. The maximum Gasteiger partial charge on any atom is 0.337 e. The van der Waals surface area contributed by atoms with Crippen molar-refractivity contribution in [1.29, 1.82) is 0 Å². The lowest BCUT2D eigenvalue weighted by Crippen LogP contribution is -2.22. The van der Waals surface area contributed by atoms with Crippen molar-refractivity contribution in [2.45, 2.75) is 18.7 Å². The third-order valence-electron chi connectivity index (χ3n) is 3.78. The summed E-state index contributed by atoms with van der Waals surface area (Å²) >= 11 is 4.75. The number of carbonyl (C=O) groups is 3. The van der Waals surface area contributed by atoms with E-state index in [9.17, 15) is 14.4 Å². The van der Waals surface area contributed by atoms with E-state index in [1.165, 1.54) is 24.9 Å². The number of rotatable bonds is 7. The normalized spacial score (nSPS) is 10.3. The van der Waals surface area contributed by atoms with E-state index in [0.717, 1.165) is 20.5 Å². The van der Waals surface area contributed by atoms with E-state index in [1.54, 1.807) is 19.1 Å². The highest BCUT2D eigenvalue weighted by Crippen LogP contribution is 2.25. The number of esters is 2. The Kier molecular flexibility index (Phi) is 8.07. The molecule has 6 nitrogen and oxygen atoms in total. The molecular weight excluding hydrogens is 446 g/mol. The van der Waals surface area contributed by atoms with Gasteiger partial charge in [0.2, 0.25) is 0 Å². The van der Waals surface area contributed by atoms with Crippen LogP contribution in [0.2, 0.25) is 0 Å². The SMILES string of the molecule is COC(=O)c1ccc(C)c(NC(=O)COC(=O)CSc2ccc(Br)cc2C)c1. The standard InChI is InChI=1S/C20H20BrNO5S/c1-12-4-5-14(20(25)26-3)9-16(12)22-18(23)10-27-19(24)11-28-17-7-6-15(21)8-13(17)2/h4-9H,10-11H2,1-3H3,(H,22,23). The summed E-state index contributed by atoms with van der Waals surface area (Å²) in [4.78, 5) is 36.5. The molecule has 0 radical (unpaired) electrons. The van der Waals surface area contributed by atoms with Gasteiger partial charge in [0.15, 0.2) is 6.61 Å². The van der Waals surface area contributed by atoms with Crippen LogP contribution in [0.3, 0.4) is 0 Å². The van der Waals surface area contributed by atoms with Crippen LogP contribution in [0.4, 0.5) is 5.69 Å². The van der Waals surface area contributed by atoms with Gasteiger partial charge >= 0.3 is 11.9 Å². The fraction of sp³-hybridized carbons (Fsp3) is 0.250. The number of amides is 1. The van der Waals surface area contributed by atoms with Gasteiger partial charge < -0.3 is 14.8 Å². The van der Waals surface area contributed by atoms with E-state index in [0.29, 0.717) is 11.3 Å². The Morgan fingerprint density at radius 1 is 1.07 bits per heavy atom. The lowest BCUT2D eigenvalue weighted by molar-refractivity contribution is -0.144. The number of ether oxygens (including phenoxy) is 2. The molecule has 1 amide bonds. The van der Waals surface area contributed by atoms with Crippen molar-refractivity contribution in [2.24, 2.45) is 0 Å². The Morgan fingerprint density at radius 2 is 1.82 bits per heavy atom. The topological polar surface area (TPSA) is 81.7 Å². The van der Waals surface area contributed by atoms with Crippen LogP contribution in [0.1, 0.15) is 21.5 Å².